The van der Waals surface area contributed by atoms with E-state index in [-0.39, 0.29) is 11.7 Å². The average Bonchev–Trinajstić information content (AvgIpc) is 2.88. The van der Waals surface area contributed by atoms with Crippen molar-refractivity contribution in [2.24, 2.45) is 0 Å². The van der Waals surface area contributed by atoms with E-state index >= 15 is 0 Å². The van der Waals surface area contributed by atoms with Crippen molar-refractivity contribution in [3.63, 3.8) is 0 Å². The molecule has 1 N–H and O–H groups in total. The Kier molecular flexibility index (Phi) is 3.66. The fourth-order valence-electron chi connectivity index (χ4n) is 3.00. The molecular formula is C14H21N3O2. The number of aromatic nitrogens is 2. The number of morpholine rings is 1. The highest BCUT2D eigenvalue weighted by Crippen LogP contribution is 2.22. The second-order valence-electron chi connectivity index (χ2n) is 5.39. The molecule has 1 fully saturated rings. The average molecular weight is 263 g/mol. The van der Waals surface area contributed by atoms with Gasteiger partial charge in [-0.3, -0.25) is 9.69 Å². The fourth-order valence-corrected chi connectivity index (χ4v) is 3.00. The monoisotopic (exact) mass is 263 g/mol. The first-order valence-electron chi connectivity index (χ1n) is 7.24. The number of aromatic amines is 1. The summed E-state index contributed by atoms with van der Waals surface area (Å²) in [7, 11) is 0. The van der Waals surface area contributed by atoms with Gasteiger partial charge in [-0.25, -0.2) is 4.98 Å². The Labute approximate surface area is 113 Å². The molecule has 0 radical (unpaired) electrons. The molecule has 3 rings (SSSR count). The minimum absolute atomic E-state index is 0.0358. The van der Waals surface area contributed by atoms with Crippen LogP contribution >= 0.6 is 0 Å². The lowest BCUT2D eigenvalue weighted by Gasteiger charge is -2.32. The van der Waals surface area contributed by atoms with E-state index in [9.17, 15) is 4.79 Å². The highest BCUT2D eigenvalue weighted by atomic mass is 16.5. The van der Waals surface area contributed by atoms with Crippen LogP contribution in [0.1, 0.15) is 43.0 Å². The second kappa shape index (κ2) is 5.43. The van der Waals surface area contributed by atoms with Gasteiger partial charge in [0.1, 0.15) is 11.9 Å². The first-order valence-corrected chi connectivity index (χ1v) is 7.24. The molecule has 0 spiro atoms. The maximum absolute atomic E-state index is 12.0. The molecule has 5 nitrogen and oxygen atoms in total. The summed E-state index contributed by atoms with van der Waals surface area (Å²) >= 11 is 0. The summed E-state index contributed by atoms with van der Waals surface area (Å²) in [6.45, 7) is 5.77. The summed E-state index contributed by atoms with van der Waals surface area (Å²) in [5, 5.41) is 0. The lowest BCUT2D eigenvalue weighted by molar-refractivity contribution is -0.0344. The third-order valence-corrected chi connectivity index (χ3v) is 3.96. The van der Waals surface area contributed by atoms with Gasteiger partial charge in [-0.1, -0.05) is 6.92 Å². The normalized spacial score (nSPS) is 23.5. The van der Waals surface area contributed by atoms with Crippen LogP contribution in [0.2, 0.25) is 0 Å². The van der Waals surface area contributed by atoms with Gasteiger partial charge in [0.2, 0.25) is 0 Å². The van der Waals surface area contributed by atoms with E-state index in [2.05, 4.69) is 21.8 Å². The standard InChI is InChI=1S/C14H21N3O2/c1-2-6-17-7-8-19-12(9-17)13-15-11-5-3-4-10(11)14(18)16-13/h12H,2-9H2,1H3,(H,15,16,18). The van der Waals surface area contributed by atoms with Crippen LogP contribution < -0.4 is 5.56 Å². The number of hydrogen-bond donors (Lipinski definition) is 1. The molecule has 1 aliphatic heterocycles. The summed E-state index contributed by atoms with van der Waals surface area (Å²) in [5.41, 5.74) is 1.90. The summed E-state index contributed by atoms with van der Waals surface area (Å²) in [4.78, 5) is 21.9. The predicted molar refractivity (Wildman–Crippen MR) is 72.3 cm³/mol. The van der Waals surface area contributed by atoms with Crippen LogP contribution in [0.25, 0.3) is 0 Å². The number of H-pyrrole nitrogens is 1. The Morgan fingerprint density at radius 3 is 3.21 bits per heavy atom. The van der Waals surface area contributed by atoms with Crippen LogP contribution in [0.4, 0.5) is 0 Å². The van der Waals surface area contributed by atoms with Gasteiger partial charge >= 0.3 is 0 Å². The van der Waals surface area contributed by atoms with Crippen LogP contribution in [0.15, 0.2) is 4.79 Å². The van der Waals surface area contributed by atoms with E-state index in [1.165, 1.54) is 0 Å². The van der Waals surface area contributed by atoms with Gasteiger partial charge in [-0.2, -0.15) is 0 Å². The molecule has 5 heteroatoms. The predicted octanol–water partition coefficient (Wildman–Crippen LogP) is 1.04. The van der Waals surface area contributed by atoms with Crippen molar-refractivity contribution in [2.45, 2.75) is 38.7 Å². The van der Waals surface area contributed by atoms with Gasteiger partial charge in [0.15, 0.2) is 0 Å². The molecule has 1 aliphatic carbocycles. The van der Waals surface area contributed by atoms with Gasteiger partial charge in [0.05, 0.1) is 12.3 Å². The van der Waals surface area contributed by atoms with E-state index in [1.807, 2.05) is 0 Å². The smallest absolute Gasteiger partial charge is 0.254 e. The van der Waals surface area contributed by atoms with Crippen LogP contribution in [-0.2, 0) is 17.6 Å². The minimum Gasteiger partial charge on any atom is -0.368 e. The van der Waals surface area contributed by atoms with Crippen molar-refractivity contribution in [1.29, 1.82) is 0 Å². The van der Waals surface area contributed by atoms with Crippen LogP contribution in [0, 0.1) is 0 Å². The first kappa shape index (κ1) is 12.8. The summed E-state index contributed by atoms with van der Waals surface area (Å²) in [5.74, 6) is 0.714. The molecule has 104 valence electrons. The Bertz CT molecular complexity index is 510. The number of ether oxygens (including phenoxy) is 1. The van der Waals surface area contributed by atoms with E-state index < -0.39 is 0 Å². The minimum atomic E-state index is -0.0844. The molecule has 1 aromatic heterocycles. The molecular weight excluding hydrogens is 242 g/mol. The zero-order valence-electron chi connectivity index (χ0n) is 11.4. The molecule has 2 heterocycles. The molecule has 0 aromatic carbocycles. The summed E-state index contributed by atoms with van der Waals surface area (Å²) in [6, 6.07) is 0. The molecule has 1 unspecified atom stereocenters. The van der Waals surface area contributed by atoms with Crippen molar-refractivity contribution >= 4 is 0 Å². The maximum Gasteiger partial charge on any atom is 0.254 e. The second-order valence-corrected chi connectivity index (χ2v) is 5.39. The largest absolute Gasteiger partial charge is 0.368 e. The van der Waals surface area contributed by atoms with E-state index in [0.29, 0.717) is 12.4 Å². The van der Waals surface area contributed by atoms with Crippen molar-refractivity contribution in [3.05, 3.63) is 27.4 Å². The molecule has 19 heavy (non-hydrogen) atoms. The number of aryl methyl sites for hydroxylation is 1. The molecule has 0 saturated carbocycles. The van der Waals surface area contributed by atoms with Gasteiger partial charge in [-0.15, -0.1) is 0 Å². The topological polar surface area (TPSA) is 58.2 Å². The van der Waals surface area contributed by atoms with Gasteiger partial charge in [0.25, 0.3) is 5.56 Å². The third-order valence-electron chi connectivity index (χ3n) is 3.96. The number of fused-ring (bicyclic) bond motifs is 1. The maximum atomic E-state index is 12.0. The van der Waals surface area contributed by atoms with E-state index in [4.69, 9.17) is 4.74 Å². The third kappa shape index (κ3) is 2.58. The Morgan fingerprint density at radius 1 is 1.47 bits per heavy atom. The first-order chi connectivity index (χ1) is 9.28. The molecule has 0 bridgehead atoms. The van der Waals surface area contributed by atoms with Crippen molar-refractivity contribution in [1.82, 2.24) is 14.9 Å². The van der Waals surface area contributed by atoms with Gasteiger partial charge in [0, 0.05) is 18.7 Å². The quantitative estimate of drug-likeness (QED) is 0.885. The van der Waals surface area contributed by atoms with Crippen LogP contribution in [0.3, 0.4) is 0 Å². The number of rotatable bonds is 3. The number of nitrogens with one attached hydrogen (secondary N) is 1. The van der Waals surface area contributed by atoms with Gasteiger partial charge < -0.3 is 9.72 Å². The summed E-state index contributed by atoms with van der Waals surface area (Å²) < 4.78 is 5.78. The number of nitrogens with zero attached hydrogens (tertiary/aromatic N) is 2. The highest BCUT2D eigenvalue weighted by Gasteiger charge is 2.26. The summed E-state index contributed by atoms with van der Waals surface area (Å²) in [6.07, 6.45) is 3.89. The van der Waals surface area contributed by atoms with Crippen LogP contribution in [-0.4, -0.2) is 41.1 Å². The highest BCUT2D eigenvalue weighted by molar-refractivity contribution is 5.23. The van der Waals surface area contributed by atoms with Crippen molar-refractivity contribution in [3.8, 4) is 0 Å². The Morgan fingerprint density at radius 2 is 2.37 bits per heavy atom. The van der Waals surface area contributed by atoms with Crippen molar-refractivity contribution in [2.75, 3.05) is 26.2 Å². The number of hydrogen-bond acceptors (Lipinski definition) is 4. The zero-order valence-corrected chi connectivity index (χ0v) is 11.4. The van der Waals surface area contributed by atoms with Crippen LogP contribution in [0.5, 0.6) is 0 Å². The fraction of sp³-hybridized carbons (Fsp3) is 0.714. The molecule has 1 saturated heterocycles. The molecule has 1 aromatic rings. The Balaban J connectivity index is 1.82. The van der Waals surface area contributed by atoms with Gasteiger partial charge in [-0.05, 0) is 32.2 Å². The molecule has 1 atom stereocenters. The van der Waals surface area contributed by atoms with Crippen molar-refractivity contribution < 1.29 is 4.74 Å². The molecule has 2 aliphatic rings. The zero-order chi connectivity index (χ0) is 13.2. The molecule has 0 amide bonds. The lowest BCUT2D eigenvalue weighted by atomic mass is 10.2. The van der Waals surface area contributed by atoms with E-state index in [1.54, 1.807) is 0 Å². The lowest BCUT2D eigenvalue weighted by Crippen LogP contribution is -2.39. The SMILES string of the molecule is CCCN1CCOC(c2nc3c(c(=O)[nH]2)CCC3)C1. The van der Waals surface area contributed by atoms with E-state index in [0.717, 1.165) is 56.6 Å². The Hall–Kier alpha value is -1.20.